The lowest BCUT2D eigenvalue weighted by Crippen LogP contribution is -2.48. The van der Waals surface area contributed by atoms with Gasteiger partial charge in [0.2, 0.25) is 11.8 Å². The van der Waals surface area contributed by atoms with Crippen molar-refractivity contribution >= 4 is 17.8 Å². The average Bonchev–Trinajstić information content (AvgIpc) is 2.44. The molecule has 0 radical (unpaired) electrons. The van der Waals surface area contributed by atoms with Gasteiger partial charge in [0.1, 0.15) is 6.04 Å². The number of likely N-dealkylation sites (tertiary alicyclic amines) is 1. The topological polar surface area (TPSA) is 74.7 Å². The van der Waals surface area contributed by atoms with Crippen LogP contribution in [0.25, 0.3) is 0 Å². The molecule has 0 aromatic carbocycles. The van der Waals surface area contributed by atoms with E-state index in [1.165, 1.54) is 0 Å². The minimum Gasteiger partial charge on any atom is -0.480 e. The molecule has 1 fully saturated rings. The summed E-state index contributed by atoms with van der Waals surface area (Å²) in [5, 5.41) is 9.11. The molecule has 90 valence electrons. The summed E-state index contributed by atoms with van der Waals surface area (Å²) in [4.78, 5) is 35.4. The lowest BCUT2D eigenvalue weighted by molar-refractivity contribution is -0.156. The number of hydrogen-bond acceptors (Lipinski definition) is 3. The molecule has 5 heteroatoms. The number of nitrogens with zero attached hydrogens (tertiary/aromatic N) is 1. The van der Waals surface area contributed by atoms with Crippen LogP contribution < -0.4 is 0 Å². The maximum Gasteiger partial charge on any atom is 0.327 e. The molecular formula is C11H17NO4. The van der Waals surface area contributed by atoms with E-state index in [4.69, 9.17) is 5.11 Å². The molecule has 0 spiro atoms. The number of carbonyl (C=O) groups is 3. The Labute approximate surface area is 94.4 Å². The largest absolute Gasteiger partial charge is 0.480 e. The van der Waals surface area contributed by atoms with Gasteiger partial charge in [-0.25, -0.2) is 4.79 Å². The standard InChI is InChI=1S/C11H17NO4/c1-4-6(2)9(11(15)16)12-8(13)5-7(3)10(12)14/h6-7,9H,4-5H2,1-3H3,(H,15,16). The van der Waals surface area contributed by atoms with E-state index in [-0.39, 0.29) is 24.2 Å². The summed E-state index contributed by atoms with van der Waals surface area (Å²) in [5.74, 6) is -2.46. The van der Waals surface area contributed by atoms with Crippen molar-refractivity contribution < 1.29 is 19.5 Å². The molecule has 16 heavy (non-hydrogen) atoms. The van der Waals surface area contributed by atoms with Gasteiger partial charge in [-0.15, -0.1) is 0 Å². The first-order valence-electron chi connectivity index (χ1n) is 5.48. The molecule has 1 aliphatic rings. The summed E-state index contributed by atoms with van der Waals surface area (Å²) in [5.41, 5.74) is 0. The summed E-state index contributed by atoms with van der Waals surface area (Å²) >= 11 is 0. The first-order valence-corrected chi connectivity index (χ1v) is 5.48. The SMILES string of the molecule is CCC(C)C(C(=O)O)N1C(=O)CC(C)C1=O. The molecule has 3 unspecified atom stereocenters. The predicted octanol–water partition coefficient (Wildman–Crippen LogP) is 0.881. The van der Waals surface area contributed by atoms with Gasteiger partial charge in [0.25, 0.3) is 0 Å². The Bertz CT molecular complexity index is 326. The highest BCUT2D eigenvalue weighted by molar-refractivity contribution is 6.06. The number of hydrogen-bond donors (Lipinski definition) is 1. The minimum atomic E-state index is -1.11. The van der Waals surface area contributed by atoms with Crippen molar-refractivity contribution in [3.63, 3.8) is 0 Å². The number of aliphatic carboxylic acids is 1. The molecule has 1 N–H and O–H groups in total. The maximum atomic E-state index is 11.7. The Balaban J connectivity index is 2.99. The Kier molecular flexibility index (Phi) is 3.67. The van der Waals surface area contributed by atoms with E-state index in [1.807, 2.05) is 6.92 Å². The normalized spacial score (nSPS) is 24.7. The molecule has 1 heterocycles. The van der Waals surface area contributed by atoms with Crippen molar-refractivity contribution in [3.8, 4) is 0 Å². The molecule has 0 aromatic heterocycles. The van der Waals surface area contributed by atoms with Crippen LogP contribution in [0, 0.1) is 11.8 Å². The third-order valence-electron chi connectivity index (χ3n) is 3.12. The van der Waals surface area contributed by atoms with Crippen molar-refractivity contribution in [2.24, 2.45) is 11.8 Å². The van der Waals surface area contributed by atoms with Crippen LogP contribution in [0.15, 0.2) is 0 Å². The molecule has 2 amide bonds. The first kappa shape index (κ1) is 12.7. The van der Waals surface area contributed by atoms with E-state index in [0.717, 1.165) is 4.90 Å². The van der Waals surface area contributed by atoms with Gasteiger partial charge >= 0.3 is 5.97 Å². The predicted molar refractivity (Wildman–Crippen MR) is 56.5 cm³/mol. The van der Waals surface area contributed by atoms with Crippen molar-refractivity contribution in [1.29, 1.82) is 0 Å². The first-order chi connectivity index (χ1) is 7.40. The molecular weight excluding hydrogens is 210 g/mol. The van der Waals surface area contributed by atoms with E-state index < -0.39 is 17.9 Å². The highest BCUT2D eigenvalue weighted by atomic mass is 16.4. The van der Waals surface area contributed by atoms with Crippen LogP contribution >= 0.6 is 0 Å². The number of carboxylic acid groups (broad SMARTS) is 1. The highest BCUT2D eigenvalue weighted by Gasteiger charge is 2.44. The summed E-state index contributed by atoms with van der Waals surface area (Å²) in [6.45, 7) is 5.23. The van der Waals surface area contributed by atoms with Gasteiger partial charge in [-0.1, -0.05) is 27.2 Å². The molecule has 1 rings (SSSR count). The van der Waals surface area contributed by atoms with Crippen LogP contribution in [-0.2, 0) is 14.4 Å². The van der Waals surface area contributed by atoms with Gasteiger partial charge in [0, 0.05) is 12.3 Å². The fourth-order valence-electron chi connectivity index (χ4n) is 1.93. The van der Waals surface area contributed by atoms with Crippen LogP contribution in [0.5, 0.6) is 0 Å². The number of amides is 2. The van der Waals surface area contributed by atoms with E-state index in [2.05, 4.69) is 0 Å². The molecule has 3 atom stereocenters. The van der Waals surface area contributed by atoms with Crippen LogP contribution in [0.4, 0.5) is 0 Å². The Morgan fingerprint density at radius 3 is 2.44 bits per heavy atom. The van der Waals surface area contributed by atoms with Crippen LogP contribution in [-0.4, -0.2) is 33.8 Å². The van der Waals surface area contributed by atoms with Crippen LogP contribution in [0.1, 0.15) is 33.6 Å². The molecule has 0 aromatic rings. The van der Waals surface area contributed by atoms with Crippen molar-refractivity contribution in [1.82, 2.24) is 4.90 Å². The zero-order valence-electron chi connectivity index (χ0n) is 9.77. The fourth-order valence-corrected chi connectivity index (χ4v) is 1.93. The second kappa shape index (κ2) is 4.63. The molecule has 0 aliphatic carbocycles. The smallest absolute Gasteiger partial charge is 0.327 e. The Hall–Kier alpha value is -1.39. The molecule has 1 aliphatic heterocycles. The minimum absolute atomic E-state index is 0.124. The zero-order valence-corrected chi connectivity index (χ0v) is 9.77. The van der Waals surface area contributed by atoms with Crippen molar-refractivity contribution in [2.75, 3.05) is 0 Å². The van der Waals surface area contributed by atoms with E-state index in [9.17, 15) is 14.4 Å². The molecule has 0 bridgehead atoms. The number of carboxylic acids is 1. The van der Waals surface area contributed by atoms with Gasteiger partial charge < -0.3 is 5.11 Å². The second-order valence-corrected chi connectivity index (χ2v) is 4.38. The van der Waals surface area contributed by atoms with Crippen molar-refractivity contribution in [3.05, 3.63) is 0 Å². The van der Waals surface area contributed by atoms with Crippen LogP contribution in [0.2, 0.25) is 0 Å². The van der Waals surface area contributed by atoms with E-state index in [1.54, 1.807) is 13.8 Å². The Morgan fingerprint density at radius 1 is 1.56 bits per heavy atom. The van der Waals surface area contributed by atoms with Crippen LogP contribution in [0.3, 0.4) is 0 Å². The van der Waals surface area contributed by atoms with Gasteiger partial charge in [-0.05, 0) is 5.92 Å². The van der Waals surface area contributed by atoms with E-state index >= 15 is 0 Å². The summed E-state index contributed by atoms with van der Waals surface area (Å²) in [7, 11) is 0. The average molecular weight is 227 g/mol. The summed E-state index contributed by atoms with van der Waals surface area (Å²) < 4.78 is 0. The van der Waals surface area contributed by atoms with Gasteiger partial charge in [-0.2, -0.15) is 0 Å². The number of imide groups is 1. The quantitative estimate of drug-likeness (QED) is 0.723. The van der Waals surface area contributed by atoms with E-state index in [0.29, 0.717) is 6.42 Å². The van der Waals surface area contributed by atoms with Gasteiger partial charge in [0.05, 0.1) is 0 Å². The molecule has 0 saturated carbocycles. The summed E-state index contributed by atoms with van der Waals surface area (Å²) in [6.07, 6.45) is 0.738. The monoisotopic (exact) mass is 227 g/mol. The Morgan fingerprint density at radius 2 is 2.12 bits per heavy atom. The second-order valence-electron chi connectivity index (χ2n) is 4.38. The fraction of sp³-hybridized carbons (Fsp3) is 0.727. The summed E-state index contributed by atoms with van der Waals surface area (Å²) in [6, 6.07) is -1.02. The zero-order chi connectivity index (χ0) is 12.5. The number of rotatable bonds is 4. The third-order valence-corrected chi connectivity index (χ3v) is 3.12. The maximum absolute atomic E-state index is 11.7. The lowest BCUT2D eigenvalue weighted by atomic mass is 9.98. The molecule has 1 saturated heterocycles. The lowest BCUT2D eigenvalue weighted by Gasteiger charge is -2.27. The highest BCUT2D eigenvalue weighted by Crippen LogP contribution is 2.25. The van der Waals surface area contributed by atoms with Gasteiger partial charge in [-0.3, -0.25) is 14.5 Å². The third kappa shape index (κ3) is 2.08. The number of carbonyl (C=O) groups excluding carboxylic acids is 2. The molecule has 5 nitrogen and oxygen atoms in total. The van der Waals surface area contributed by atoms with Crippen molar-refractivity contribution in [2.45, 2.75) is 39.7 Å². The van der Waals surface area contributed by atoms with Gasteiger partial charge in [0.15, 0.2) is 0 Å².